The minimum Gasteiger partial charge on any atom is -0.120 e. The molecule has 1 aliphatic rings. The lowest BCUT2D eigenvalue weighted by Crippen LogP contribution is -1.91. The number of fused-ring (bicyclic) bond motifs is 1. The van der Waals surface area contributed by atoms with E-state index in [9.17, 15) is 0 Å². The van der Waals surface area contributed by atoms with Crippen LogP contribution in [0.3, 0.4) is 0 Å². The molecule has 2 aromatic rings. The summed E-state index contributed by atoms with van der Waals surface area (Å²) in [4.78, 5) is 0. The molecule has 2 atom stereocenters. The minimum atomic E-state index is -0.0564. The van der Waals surface area contributed by atoms with Crippen LogP contribution in [0.25, 0.3) is 11.6 Å². The van der Waals surface area contributed by atoms with E-state index in [1.807, 2.05) is 0 Å². The smallest absolute Gasteiger partial charge is 0.00763 e. The zero-order valence-electron chi connectivity index (χ0n) is 9.64. The largest absolute Gasteiger partial charge is 0.120 e. The van der Waals surface area contributed by atoms with Crippen LogP contribution in [-0.2, 0) is 6.66 Å². The van der Waals surface area contributed by atoms with Crippen molar-refractivity contribution in [3.05, 3.63) is 58.6 Å². The molecule has 0 N–H and O–H groups in total. The Morgan fingerprint density at radius 1 is 1.06 bits per heavy atom. The highest BCUT2D eigenvalue weighted by molar-refractivity contribution is 7.48. The van der Waals surface area contributed by atoms with Gasteiger partial charge in [0.1, 0.15) is 0 Å². The Morgan fingerprint density at radius 2 is 1.88 bits per heavy atom. The number of rotatable bonds is 1. The van der Waals surface area contributed by atoms with Crippen molar-refractivity contribution in [3.8, 4) is 0 Å². The molecule has 0 nitrogen and oxygen atoms in total. The van der Waals surface area contributed by atoms with Gasteiger partial charge in [0.25, 0.3) is 0 Å². The van der Waals surface area contributed by atoms with Gasteiger partial charge < -0.3 is 0 Å². The van der Waals surface area contributed by atoms with Crippen molar-refractivity contribution in [1.82, 2.24) is 0 Å². The van der Waals surface area contributed by atoms with Crippen LogP contribution in [0.15, 0.2) is 42.2 Å². The van der Waals surface area contributed by atoms with Crippen LogP contribution in [0.2, 0.25) is 0 Å². The van der Waals surface area contributed by atoms with Crippen molar-refractivity contribution in [2.75, 3.05) is 0 Å². The molecule has 0 saturated heterocycles. The van der Waals surface area contributed by atoms with Crippen LogP contribution < -0.4 is 0 Å². The van der Waals surface area contributed by atoms with Crippen molar-refractivity contribution in [1.29, 1.82) is 0 Å². The monoisotopic (exact) mass is 226 g/mol. The lowest BCUT2D eigenvalue weighted by atomic mass is 9.97. The summed E-state index contributed by atoms with van der Waals surface area (Å²) in [6.45, 7) is 4.65. The van der Waals surface area contributed by atoms with E-state index in [1.165, 1.54) is 16.7 Å². The lowest BCUT2D eigenvalue weighted by Gasteiger charge is -2.11. The molecule has 0 fully saturated rings. The molecule has 2 unspecified atom stereocenters. The van der Waals surface area contributed by atoms with Crippen LogP contribution in [0.1, 0.15) is 29.3 Å². The SMILES string of the molecule is CC1C(c2cccp2C)=Cc2ccccc21. The zero-order chi connectivity index (χ0) is 11.1. The van der Waals surface area contributed by atoms with Gasteiger partial charge in [-0.05, 0) is 40.5 Å². The normalized spacial score (nSPS) is 19.5. The Bertz CT molecular complexity index is 560. The fraction of sp³-hybridized carbons (Fsp3) is 0.200. The van der Waals surface area contributed by atoms with Gasteiger partial charge in [-0.15, -0.1) is 7.53 Å². The average Bonchev–Trinajstić information content (AvgIpc) is 2.84. The van der Waals surface area contributed by atoms with Gasteiger partial charge >= 0.3 is 0 Å². The van der Waals surface area contributed by atoms with Gasteiger partial charge in [0.2, 0.25) is 0 Å². The fourth-order valence-electron chi connectivity index (χ4n) is 2.55. The van der Waals surface area contributed by atoms with Crippen LogP contribution in [0.4, 0.5) is 0 Å². The topological polar surface area (TPSA) is 0 Å². The Balaban J connectivity index is 2.12. The summed E-state index contributed by atoms with van der Waals surface area (Å²) in [5, 5.41) is 1.55. The maximum atomic E-state index is 2.37. The molecule has 0 saturated carbocycles. The van der Waals surface area contributed by atoms with Crippen LogP contribution in [0.5, 0.6) is 0 Å². The first-order chi connectivity index (χ1) is 7.77. The van der Waals surface area contributed by atoms with E-state index in [0.717, 1.165) is 0 Å². The van der Waals surface area contributed by atoms with Crippen LogP contribution in [-0.4, -0.2) is 0 Å². The van der Waals surface area contributed by atoms with Gasteiger partial charge in [-0.1, -0.05) is 43.3 Å². The summed E-state index contributed by atoms with van der Waals surface area (Å²) in [6.07, 6.45) is 2.37. The number of hydrogen-bond acceptors (Lipinski definition) is 0. The van der Waals surface area contributed by atoms with E-state index in [-0.39, 0.29) is 7.53 Å². The van der Waals surface area contributed by atoms with Crippen molar-refractivity contribution in [2.45, 2.75) is 12.8 Å². The molecule has 1 aromatic heterocycles. The molecule has 80 valence electrons. The van der Waals surface area contributed by atoms with E-state index >= 15 is 0 Å². The van der Waals surface area contributed by atoms with E-state index in [1.54, 1.807) is 5.30 Å². The molecule has 0 aliphatic heterocycles. The van der Waals surface area contributed by atoms with Gasteiger partial charge in [0.15, 0.2) is 0 Å². The van der Waals surface area contributed by atoms with E-state index < -0.39 is 0 Å². The van der Waals surface area contributed by atoms with Gasteiger partial charge in [-0.25, -0.2) is 0 Å². The molecule has 3 rings (SSSR count). The number of benzene rings is 1. The van der Waals surface area contributed by atoms with Crippen molar-refractivity contribution in [2.24, 2.45) is 6.66 Å². The minimum absolute atomic E-state index is 0.0564. The standard InChI is InChI=1S/C15H15P/c1-11-13-7-4-3-6-12(13)10-14(11)15-8-5-9-16(15)2/h3-11H,1-2H3. The third-order valence-electron chi connectivity index (χ3n) is 3.48. The summed E-state index contributed by atoms with van der Waals surface area (Å²) in [5.41, 5.74) is 4.41. The van der Waals surface area contributed by atoms with Crippen LogP contribution >= 0.6 is 7.53 Å². The van der Waals surface area contributed by atoms with Gasteiger partial charge in [-0.2, -0.15) is 0 Å². The Labute approximate surface area is 97.7 Å². The third-order valence-corrected chi connectivity index (χ3v) is 5.27. The summed E-state index contributed by atoms with van der Waals surface area (Å²) >= 11 is 0. The predicted octanol–water partition coefficient (Wildman–Crippen LogP) is 4.87. The number of hydrogen-bond donors (Lipinski definition) is 0. The summed E-state index contributed by atoms with van der Waals surface area (Å²) in [6, 6.07) is 13.2. The Hall–Kier alpha value is -1.26. The summed E-state index contributed by atoms with van der Waals surface area (Å²) < 4.78 is 0. The first-order valence-electron chi connectivity index (χ1n) is 5.69. The second kappa shape index (κ2) is 3.64. The molecule has 1 heterocycles. The van der Waals surface area contributed by atoms with Gasteiger partial charge in [-0.3, -0.25) is 0 Å². The molecule has 0 amide bonds. The van der Waals surface area contributed by atoms with Gasteiger partial charge in [0, 0.05) is 5.92 Å². The molecule has 0 radical (unpaired) electrons. The summed E-state index contributed by atoms with van der Waals surface area (Å²) in [7, 11) is -0.0564. The molecule has 0 bridgehead atoms. The molecule has 16 heavy (non-hydrogen) atoms. The maximum Gasteiger partial charge on any atom is 0.00763 e. The average molecular weight is 226 g/mol. The number of allylic oxidation sites excluding steroid dienone is 1. The lowest BCUT2D eigenvalue weighted by molar-refractivity contribution is 1.01. The highest BCUT2D eigenvalue weighted by atomic mass is 31.1. The predicted molar refractivity (Wildman–Crippen MR) is 72.9 cm³/mol. The van der Waals surface area contributed by atoms with E-state index in [4.69, 9.17) is 0 Å². The quantitative estimate of drug-likeness (QED) is 0.650. The molecular weight excluding hydrogens is 211 g/mol. The Kier molecular flexibility index (Phi) is 2.26. The van der Waals surface area contributed by atoms with Crippen molar-refractivity contribution in [3.63, 3.8) is 0 Å². The molecule has 1 aliphatic carbocycles. The van der Waals surface area contributed by atoms with Crippen LogP contribution in [0, 0.1) is 0 Å². The Morgan fingerprint density at radius 3 is 2.56 bits per heavy atom. The zero-order valence-corrected chi connectivity index (χ0v) is 10.5. The molecular formula is C15H15P. The highest BCUT2D eigenvalue weighted by Gasteiger charge is 2.22. The first-order valence-corrected chi connectivity index (χ1v) is 7.55. The van der Waals surface area contributed by atoms with E-state index in [0.29, 0.717) is 5.92 Å². The maximum absolute atomic E-state index is 2.37. The second-order valence-corrected chi connectivity index (χ2v) is 6.46. The van der Waals surface area contributed by atoms with E-state index in [2.05, 4.69) is 61.9 Å². The second-order valence-electron chi connectivity index (χ2n) is 4.45. The summed E-state index contributed by atoms with van der Waals surface area (Å²) in [5.74, 6) is 2.90. The molecule has 1 aromatic carbocycles. The molecule has 0 spiro atoms. The highest BCUT2D eigenvalue weighted by Crippen LogP contribution is 2.47. The van der Waals surface area contributed by atoms with Gasteiger partial charge in [0.05, 0.1) is 0 Å². The van der Waals surface area contributed by atoms with Crippen molar-refractivity contribution >= 4 is 19.2 Å². The molecule has 1 heteroatoms. The third kappa shape index (κ3) is 1.37. The van der Waals surface area contributed by atoms with Crippen molar-refractivity contribution < 1.29 is 0 Å². The fourth-order valence-corrected chi connectivity index (χ4v) is 4.05. The number of aryl methyl sites for hydroxylation is 1. The first kappa shape index (κ1) is 9.93.